The summed E-state index contributed by atoms with van der Waals surface area (Å²) in [5, 5.41) is 0. The third-order valence-corrected chi connectivity index (χ3v) is 17.8. The number of carbonyl (C=O) groups is 1. The molecule has 0 saturated heterocycles. The van der Waals surface area contributed by atoms with Crippen molar-refractivity contribution in [2.45, 2.75) is 0 Å². The molecule has 0 radical (unpaired) electrons. The second-order valence-corrected chi connectivity index (χ2v) is 23.5. The number of carbonyl (C=O) groups excluding carboxylic acids is 1. The molecule has 21 rings (SSSR count). The van der Waals surface area contributed by atoms with Crippen LogP contribution < -0.4 is 0 Å². The van der Waals surface area contributed by atoms with Crippen LogP contribution in [0.4, 0.5) is 0 Å². The standard InChI is InChI=1S/C91H62O/c1-62-83-75-50-42-63(43-51-75)58-79(67-26-10-2-11-27-67)81(69-30-14-4-15-31-69)60-65-46-54-77(55-47-65)89-87(73-38-22-8-23-39-73)88(74-40-24-9-25-41-74)90(91(89)92)78-56-48-66(49-57-78)61-82(70-32-16-5-17-33-70)80(68-28-12-3-13-29-68)59-64-44-52-76(53-45-64)84(62)86(72-36-20-7-21-37-72)85(83)71-34-18-6-19-35-71/h2-61H,1H2. The third-order valence-electron chi connectivity index (χ3n) is 17.8. The summed E-state index contributed by atoms with van der Waals surface area (Å²) in [7, 11) is 0. The lowest BCUT2D eigenvalue weighted by atomic mass is 9.87. The van der Waals surface area contributed by atoms with Crippen molar-refractivity contribution in [3.05, 3.63) is 441 Å². The van der Waals surface area contributed by atoms with Gasteiger partial charge in [-0.2, -0.15) is 0 Å². The highest BCUT2D eigenvalue weighted by Crippen LogP contribution is 2.55. The molecule has 0 aromatic heterocycles. The van der Waals surface area contributed by atoms with Crippen LogP contribution in [0.5, 0.6) is 0 Å². The molecule has 9 aliphatic rings. The van der Waals surface area contributed by atoms with Crippen molar-refractivity contribution in [1.82, 2.24) is 0 Å². The van der Waals surface area contributed by atoms with E-state index in [0.29, 0.717) is 11.1 Å². The van der Waals surface area contributed by atoms with Gasteiger partial charge in [-0.3, -0.25) is 4.79 Å². The zero-order valence-electron chi connectivity index (χ0n) is 50.8. The first-order valence-corrected chi connectivity index (χ1v) is 31.4. The van der Waals surface area contributed by atoms with Crippen LogP contribution in [-0.4, -0.2) is 5.78 Å². The monoisotopic (exact) mass is 1170 g/mol. The molecule has 1 heteroatoms. The Hall–Kier alpha value is -12.0. The second-order valence-electron chi connectivity index (χ2n) is 23.5. The second kappa shape index (κ2) is 25.2. The molecular weight excluding hydrogens is 1110 g/mol. The SMILES string of the molecule is C=C1C2=C(c3ccccc3)C(c3ccccc3)=C1c1ccc(cc1)C=C(c1ccccc1)C(c1ccccc1)=Cc1ccc(cc1)C1=C(c3ccccc3)C(c3ccccc3)=C(C1=O)c1ccc(cc1)C=C(c1ccccc1)C(c1ccccc1)=Cc1ccc2cc1. The minimum atomic E-state index is -0.0120. The summed E-state index contributed by atoms with van der Waals surface area (Å²) in [5.74, 6) is -0.0120. The number of hydrogen-bond donors (Lipinski definition) is 0. The number of allylic oxidation sites excluding steroid dienone is 13. The van der Waals surface area contributed by atoms with Gasteiger partial charge in [-0.15, -0.1) is 0 Å². The maximum atomic E-state index is 15.9. The Bertz CT molecular complexity index is 4360. The first kappa shape index (κ1) is 56.5. The van der Waals surface area contributed by atoms with Crippen molar-refractivity contribution in [3.8, 4) is 0 Å². The highest BCUT2D eigenvalue weighted by molar-refractivity contribution is 6.59. The average molecular weight is 1170 g/mol. The first-order chi connectivity index (χ1) is 45.5. The van der Waals surface area contributed by atoms with Crippen LogP contribution in [0.1, 0.15) is 89.0 Å². The summed E-state index contributed by atoms with van der Waals surface area (Å²) >= 11 is 0. The van der Waals surface area contributed by atoms with Crippen molar-refractivity contribution >= 4 is 97.0 Å². The summed E-state index contributed by atoms with van der Waals surface area (Å²) in [6.45, 7) is 5.03. The summed E-state index contributed by atoms with van der Waals surface area (Å²) in [6, 6.07) is 120. The molecule has 0 N–H and O–H groups in total. The van der Waals surface area contributed by atoms with Gasteiger partial charge in [-0.1, -0.05) is 346 Å². The molecule has 0 fully saturated rings. The fourth-order valence-corrected chi connectivity index (χ4v) is 13.4. The fraction of sp³-hybridized carbons (Fsp3) is 0. The lowest BCUT2D eigenvalue weighted by Crippen LogP contribution is -2.02. The van der Waals surface area contributed by atoms with Crippen LogP contribution in [0.2, 0.25) is 0 Å². The third kappa shape index (κ3) is 11.1. The van der Waals surface area contributed by atoms with Gasteiger partial charge in [-0.25, -0.2) is 0 Å². The Morgan fingerprint density at radius 3 is 0.533 bits per heavy atom. The zero-order valence-corrected chi connectivity index (χ0v) is 50.8. The predicted octanol–water partition coefficient (Wildman–Crippen LogP) is 22.8. The number of benzene rings is 12. The molecule has 12 aromatic carbocycles. The van der Waals surface area contributed by atoms with Crippen LogP contribution in [0.15, 0.2) is 352 Å². The van der Waals surface area contributed by atoms with Gasteiger partial charge in [0.1, 0.15) is 0 Å². The molecule has 432 valence electrons. The number of ketones is 1. The van der Waals surface area contributed by atoms with Gasteiger partial charge in [0.15, 0.2) is 5.78 Å². The van der Waals surface area contributed by atoms with Gasteiger partial charge in [0.2, 0.25) is 0 Å². The Morgan fingerprint density at radius 2 is 0.326 bits per heavy atom. The van der Waals surface area contributed by atoms with Crippen molar-refractivity contribution in [3.63, 3.8) is 0 Å². The highest BCUT2D eigenvalue weighted by Gasteiger charge is 2.36. The molecule has 1 nitrogen and oxygen atoms in total. The van der Waals surface area contributed by atoms with E-state index in [1.54, 1.807) is 0 Å². The van der Waals surface area contributed by atoms with E-state index in [2.05, 4.69) is 352 Å². The van der Waals surface area contributed by atoms with Crippen LogP contribution in [0.3, 0.4) is 0 Å². The molecule has 0 spiro atoms. The molecule has 12 bridgehead atoms. The van der Waals surface area contributed by atoms with Crippen molar-refractivity contribution < 1.29 is 4.79 Å². The van der Waals surface area contributed by atoms with Crippen LogP contribution in [0, 0.1) is 0 Å². The number of Topliss-reactive ketones (excluding diaryl/α,β-unsaturated/α-hetero) is 1. The fourth-order valence-electron chi connectivity index (χ4n) is 13.4. The molecule has 0 atom stereocenters. The Balaban J connectivity index is 0.976. The van der Waals surface area contributed by atoms with E-state index in [0.717, 1.165) is 150 Å². The van der Waals surface area contributed by atoms with Crippen molar-refractivity contribution in [2.75, 3.05) is 0 Å². The van der Waals surface area contributed by atoms with Crippen LogP contribution >= 0.6 is 0 Å². The number of hydrogen-bond acceptors (Lipinski definition) is 1. The summed E-state index contributed by atoms with van der Waals surface area (Å²) in [6.07, 6.45) is 9.21. The van der Waals surface area contributed by atoms with Gasteiger partial charge >= 0.3 is 0 Å². The Morgan fingerprint density at radius 1 is 0.163 bits per heavy atom. The molecular formula is C91H62O. The minimum absolute atomic E-state index is 0.0120. The largest absolute Gasteiger partial charge is 0.289 e. The number of rotatable bonds is 8. The van der Waals surface area contributed by atoms with Gasteiger partial charge < -0.3 is 0 Å². The smallest absolute Gasteiger partial charge is 0.195 e. The predicted molar refractivity (Wildman–Crippen MR) is 390 cm³/mol. The van der Waals surface area contributed by atoms with Crippen molar-refractivity contribution in [2.24, 2.45) is 0 Å². The normalized spacial score (nSPS) is 14.2. The van der Waals surface area contributed by atoms with Crippen LogP contribution in [-0.2, 0) is 4.79 Å². The molecule has 0 amide bonds. The van der Waals surface area contributed by atoms with E-state index in [9.17, 15) is 0 Å². The van der Waals surface area contributed by atoms with E-state index < -0.39 is 0 Å². The minimum Gasteiger partial charge on any atom is -0.289 e. The molecule has 12 aromatic rings. The van der Waals surface area contributed by atoms with Gasteiger partial charge in [-0.05, 0) is 163 Å². The van der Waals surface area contributed by atoms with E-state index in [1.165, 1.54) is 0 Å². The van der Waals surface area contributed by atoms with E-state index in [-0.39, 0.29) is 5.78 Å². The van der Waals surface area contributed by atoms with Gasteiger partial charge in [0, 0.05) is 22.3 Å². The molecule has 9 aliphatic carbocycles. The quantitative estimate of drug-likeness (QED) is 0.148. The van der Waals surface area contributed by atoms with E-state index in [4.69, 9.17) is 6.58 Å². The molecule has 0 unspecified atom stereocenters. The van der Waals surface area contributed by atoms with Crippen LogP contribution in [0.25, 0.3) is 91.2 Å². The summed E-state index contributed by atoms with van der Waals surface area (Å²) < 4.78 is 0. The first-order valence-electron chi connectivity index (χ1n) is 31.4. The van der Waals surface area contributed by atoms with E-state index in [1.807, 2.05) is 12.1 Å². The Labute approximate surface area is 539 Å². The van der Waals surface area contributed by atoms with E-state index >= 15 is 4.79 Å². The van der Waals surface area contributed by atoms with Gasteiger partial charge in [0.25, 0.3) is 0 Å². The average Bonchev–Trinajstić information content (AvgIpc) is 1.59. The Kier molecular flexibility index (Phi) is 15.5. The molecule has 0 aliphatic heterocycles. The zero-order chi connectivity index (χ0) is 61.7. The topological polar surface area (TPSA) is 17.1 Å². The summed E-state index contributed by atoms with van der Waals surface area (Å²) in [5.41, 5.74) is 29.5. The maximum Gasteiger partial charge on any atom is 0.195 e. The maximum absolute atomic E-state index is 15.9. The lowest BCUT2D eigenvalue weighted by molar-refractivity contribution is -0.108. The highest BCUT2D eigenvalue weighted by atomic mass is 16.1. The van der Waals surface area contributed by atoms with Gasteiger partial charge in [0.05, 0.1) is 0 Å². The lowest BCUT2D eigenvalue weighted by Gasteiger charge is -2.16. The van der Waals surface area contributed by atoms with Crippen molar-refractivity contribution in [1.29, 1.82) is 0 Å². The molecule has 0 heterocycles. The molecule has 0 saturated carbocycles. The summed E-state index contributed by atoms with van der Waals surface area (Å²) in [4.78, 5) is 15.9. The molecule has 92 heavy (non-hydrogen) atoms.